The van der Waals surface area contributed by atoms with Crippen LogP contribution in [-0.4, -0.2) is 47.2 Å². The summed E-state index contributed by atoms with van der Waals surface area (Å²) >= 11 is 10.4. The van der Waals surface area contributed by atoms with Gasteiger partial charge in [0.25, 0.3) is 5.91 Å². The number of hydrogen-bond acceptors (Lipinski definition) is 6. The lowest BCUT2D eigenvalue weighted by molar-refractivity contribution is 0.0989. The van der Waals surface area contributed by atoms with Gasteiger partial charge in [-0.1, -0.05) is 42.5 Å². The summed E-state index contributed by atoms with van der Waals surface area (Å²) in [5, 5.41) is 15.2. The number of aromatic nitrogens is 2. The van der Waals surface area contributed by atoms with E-state index in [1.807, 2.05) is 36.4 Å². The summed E-state index contributed by atoms with van der Waals surface area (Å²) in [6.07, 6.45) is 3.04. The number of nitrogens with one attached hydrogen (secondary N) is 2. The van der Waals surface area contributed by atoms with Gasteiger partial charge in [-0.2, -0.15) is 0 Å². The van der Waals surface area contributed by atoms with Crippen LogP contribution in [0.5, 0.6) is 5.75 Å². The Hall–Kier alpha value is -5.05. The number of hydrogen-bond donors (Lipinski definition) is 4. The number of amides is 1. The van der Waals surface area contributed by atoms with Crippen LogP contribution < -0.4 is 16.0 Å². The lowest BCUT2D eigenvalue weighted by atomic mass is 10.0. The summed E-state index contributed by atoms with van der Waals surface area (Å²) in [6.45, 7) is 4.78. The number of aldehydes is 1. The van der Waals surface area contributed by atoms with Crippen LogP contribution in [-0.2, 0) is 12.3 Å². The molecule has 1 aromatic heterocycles. The first kappa shape index (κ1) is 35.8. The van der Waals surface area contributed by atoms with Gasteiger partial charge in [-0.05, 0) is 90.4 Å². The number of phenolic OH excluding ortho intramolecular Hbond substituents is 1. The second-order valence-electron chi connectivity index (χ2n) is 11.0. The number of aromatic amines is 1. The summed E-state index contributed by atoms with van der Waals surface area (Å²) in [5.74, 6) is 1.41. The lowest BCUT2D eigenvalue weighted by Crippen LogP contribution is -2.28. The van der Waals surface area contributed by atoms with Gasteiger partial charge in [-0.15, -0.1) is 23.2 Å². The lowest BCUT2D eigenvalue weighted by Gasteiger charge is -2.18. The van der Waals surface area contributed by atoms with E-state index in [4.69, 9.17) is 17.3 Å². The van der Waals surface area contributed by atoms with Crippen molar-refractivity contribution in [2.24, 2.45) is 0 Å². The summed E-state index contributed by atoms with van der Waals surface area (Å²) in [7, 11) is 1.79. The molecule has 0 bridgehead atoms. The first-order valence-electron chi connectivity index (χ1n) is 15.3. The largest absolute Gasteiger partial charge is 0.507 e. The number of nitrogen functional groups attached to an aromatic ring is 1. The van der Waals surface area contributed by atoms with Gasteiger partial charge in [0.1, 0.15) is 12.0 Å². The number of imidazole rings is 1. The van der Waals surface area contributed by atoms with Crippen LogP contribution in [0.2, 0.25) is 0 Å². The Labute approximate surface area is 290 Å². The number of anilines is 3. The number of halogens is 2. The molecule has 0 spiro atoms. The highest BCUT2D eigenvalue weighted by Gasteiger charge is 2.28. The van der Waals surface area contributed by atoms with Crippen molar-refractivity contribution in [3.8, 4) is 5.75 Å². The second-order valence-corrected chi connectivity index (χ2v) is 11.3. The monoisotopic (exact) mass is 683 g/mol. The Morgan fingerprint density at radius 3 is 2.25 bits per heavy atom. The van der Waals surface area contributed by atoms with Gasteiger partial charge >= 0.3 is 0 Å². The molecule has 1 aliphatic heterocycles. The van der Waals surface area contributed by atoms with Crippen molar-refractivity contribution in [2.45, 2.75) is 26.1 Å². The van der Waals surface area contributed by atoms with Gasteiger partial charge in [0, 0.05) is 54.1 Å². The van der Waals surface area contributed by atoms with E-state index in [9.17, 15) is 14.7 Å². The van der Waals surface area contributed by atoms with Gasteiger partial charge in [-0.3, -0.25) is 9.59 Å². The van der Waals surface area contributed by atoms with E-state index >= 15 is 0 Å². The number of nitrogens with zero attached hydrogens (tertiary/aromatic N) is 2. The molecule has 0 saturated heterocycles. The molecule has 0 unspecified atom stereocenters. The molecule has 0 aliphatic carbocycles. The Morgan fingerprint density at radius 2 is 1.65 bits per heavy atom. The minimum Gasteiger partial charge on any atom is -0.507 e. The minimum atomic E-state index is -0.0778. The van der Waals surface area contributed by atoms with Crippen LogP contribution in [0.25, 0.3) is 21.8 Å². The third-order valence-electron chi connectivity index (χ3n) is 8.05. The van der Waals surface area contributed by atoms with Crippen molar-refractivity contribution in [1.82, 2.24) is 9.97 Å². The molecule has 0 fully saturated rings. The third-order valence-corrected chi connectivity index (χ3v) is 8.32. The molecule has 0 atom stereocenters. The number of aryl methyl sites for hydroxylation is 2. The predicted octanol–water partition coefficient (Wildman–Crippen LogP) is 8.64. The average molecular weight is 685 g/mol. The van der Waals surface area contributed by atoms with Gasteiger partial charge < -0.3 is 26.0 Å². The van der Waals surface area contributed by atoms with Crippen molar-refractivity contribution in [1.29, 1.82) is 0 Å². The Morgan fingerprint density at radius 1 is 0.979 bits per heavy atom. The quantitative estimate of drug-likeness (QED) is 0.0837. The first-order chi connectivity index (χ1) is 23.2. The van der Waals surface area contributed by atoms with Gasteiger partial charge in [0.05, 0.1) is 16.7 Å². The second kappa shape index (κ2) is 16.7. The predicted molar refractivity (Wildman–Crippen MR) is 200 cm³/mol. The smallest absolute Gasteiger partial charge is 0.258 e. The fourth-order valence-electron chi connectivity index (χ4n) is 5.51. The number of aromatic hydroxyl groups is 1. The molecule has 6 aromatic rings. The van der Waals surface area contributed by atoms with Crippen molar-refractivity contribution in [3.05, 3.63) is 124 Å². The fraction of sp³-hybridized carbons (Fsp3) is 0.184. The average Bonchev–Trinajstić information content (AvgIpc) is 3.74. The molecule has 1 amide bonds. The number of rotatable bonds is 4. The summed E-state index contributed by atoms with van der Waals surface area (Å²) in [5.41, 5.74) is 14.7. The number of nitrogens with two attached hydrogens (primary N) is 1. The summed E-state index contributed by atoms with van der Waals surface area (Å²) in [4.78, 5) is 32.5. The van der Waals surface area contributed by atoms with E-state index in [0.29, 0.717) is 35.2 Å². The molecule has 10 heteroatoms. The maximum Gasteiger partial charge on any atom is 0.258 e. The zero-order valence-electron chi connectivity index (χ0n) is 27.4. The van der Waals surface area contributed by atoms with E-state index in [1.54, 1.807) is 48.3 Å². The molecule has 48 heavy (non-hydrogen) atoms. The van der Waals surface area contributed by atoms with Crippen molar-refractivity contribution >= 4 is 74.5 Å². The molecular weight excluding hydrogens is 645 g/mol. The number of H-pyrrole nitrogens is 1. The number of phenols is 1. The molecule has 248 valence electrons. The number of benzene rings is 5. The van der Waals surface area contributed by atoms with E-state index in [2.05, 4.69) is 58.9 Å². The van der Waals surface area contributed by atoms with E-state index < -0.39 is 0 Å². The molecule has 0 radical (unpaired) electrons. The topological polar surface area (TPSA) is 124 Å². The molecule has 1 aliphatic rings. The van der Waals surface area contributed by atoms with E-state index in [-0.39, 0.29) is 11.7 Å². The molecule has 2 heterocycles. The van der Waals surface area contributed by atoms with Crippen LogP contribution in [0.15, 0.2) is 91.0 Å². The minimum absolute atomic E-state index is 0.0778. The van der Waals surface area contributed by atoms with Crippen LogP contribution in [0.4, 0.5) is 17.3 Å². The van der Waals surface area contributed by atoms with E-state index in [0.717, 1.165) is 45.8 Å². The van der Waals surface area contributed by atoms with Gasteiger partial charge in [0.2, 0.25) is 5.95 Å². The number of carbonyl (C=O) groups excluding carboxylic acids is 2. The van der Waals surface area contributed by atoms with Crippen molar-refractivity contribution in [2.75, 3.05) is 35.9 Å². The van der Waals surface area contributed by atoms with Crippen molar-refractivity contribution in [3.63, 3.8) is 0 Å². The molecule has 8 nitrogen and oxygen atoms in total. The number of carbonyl (C=O) groups is 2. The third kappa shape index (κ3) is 8.08. The maximum atomic E-state index is 13.2. The van der Waals surface area contributed by atoms with Gasteiger partial charge in [-0.25, -0.2) is 4.98 Å². The Balaban J connectivity index is 0.000000203. The molecule has 5 N–H and O–H groups in total. The summed E-state index contributed by atoms with van der Waals surface area (Å²) < 4.78 is 0. The van der Waals surface area contributed by atoms with Crippen molar-refractivity contribution < 1.29 is 14.7 Å². The highest BCUT2D eigenvalue weighted by atomic mass is 35.5. The number of fused-ring (bicyclic) bond motifs is 4. The standard InChI is InChI=1S/C21H18N4O2.C9H11Cl.C7H7NO.CH3Cl/c1-22-21-23-16-7-6-12(10-17(16)24-21)20(27)25-9-8-14-13-4-2-3-5-15(13)19(26)11-18(14)25;1-7-4-3-5-8(2)9(7)6-10;8-7-3-1-6(5-9)2-4-7;1-2/h2-7,10-11,26H,8-9H2,1H3,(H2,22,23,24);3-5H,6H2,1-2H3;1-5H,8H2;1H3. The zero-order valence-corrected chi connectivity index (χ0v) is 28.9. The molecule has 5 aromatic carbocycles. The van der Waals surface area contributed by atoms with Gasteiger partial charge in [0.15, 0.2) is 0 Å². The Bertz CT molecular complexity index is 2010. The van der Waals surface area contributed by atoms with E-state index in [1.165, 1.54) is 23.1 Å². The number of alkyl halides is 2. The molecule has 7 rings (SSSR count). The fourth-order valence-corrected chi connectivity index (χ4v) is 5.93. The molecule has 0 saturated carbocycles. The molecular formula is C38H39Cl2N5O3. The highest BCUT2D eigenvalue weighted by Crippen LogP contribution is 2.40. The normalized spacial score (nSPS) is 11.3. The summed E-state index contributed by atoms with van der Waals surface area (Å²) in [6, 6.07) is 27.9. The van der Waals surface area contributed by atoms with Crippen LogP contribution >= 0.6 is 23.2 Å². The van der Waals surface area contributed by atoms with Crippen LogP contribution in [0.1, 0.15) is 43.0 Å². The highest BCUT2D eigenvalue weighted by molar-refractivity contribution is 6.17. The Kier molecular flexibility index (Phi) is 12.4. The van der Waals surface area contributed by atoms with Crippen LogP contribution in [0.3, 0.4) is 0 Å². The maximum absolute atomic E-state index is 13.2. The zero-order chi connectivity index (χ0) is 34.8. The SMILES string of the molecule is CCl.CNc1nc2ccc(C(=O)N3CCc4c3cc(O)c3ccccc43)cc2[nH]1.Cc1cccc(C)c1CCl.Nc1ccc(C=O)cc1. The van der Waals surface area contributed by atoms with Crippen LogP contribution in [0, 0.1) is 13.8 Å². The first-order valence-corrected chi connectivity index (χ1v) is 16.6.